The van der Waals surface area contributed by atoms with Gasteiger partial charge in [0.05, 0.1) is 10.5 Å². The normalized spacial score (nSPS) is 19.0. The molecule has 0 radical (unpaired) electrons. The summed E-state index contributed by atoms with van der Waals surface area (Å²) in [6, 6.07) is 7.48. The number of nitrogens with one attached hydrogen (secondary N) is 1. The maximum absolute atomic E-state index is 12.2. The van der Waals surface area contributed by atoms with Crippen LogP contribution in [0.5, 0.6) is 0 Å². The van der Waals surface area contributed by atoms with E-state index in [0.29, 0.717) is 5.17 Å². The first-order valence-corrected chi connectivity index (χ1v) is 8.36. The van der Waals surface area contributed by atoms with E-state index in [0.717, 1.165) is 15.5 Å². The maximum atomic E-state index is 12.2. The van der Waals surface area contributed by atoms with Crippen LogP contribution in [0.15, 0.2) is 57.7 Å². The summed E-state index contributed by atoms with van der Waals surface area (Å²) in [5.41, 5.74) is 0.951. The maximum Gasteiger partial charge on any atom is 0.283 e. The number of fused-ring (bicyclic) bond motifs is 1. The van der Waals surface area contributed by atoms with E-state index in [4.69, 9.17) is 5.41 Å². The summed E-state index contributed by atoms with van der Waals surface area (Å²) in [7, 11) is 0. The van der Waals surface area contributed by atoms with Gasteiger partial charge < -0.3 is 0 Å². The summed E-state index contributed by atoms with van der Waals surface area (Å²) in [6.07, 6.45) is 4.90. The number of hydrogen-bond donors (Lipinski definition) is 1. The molecule has 0 saturated heterocycles. The van der Waals surface area contributed by atoms with E-state index < -0.39 is 5.91 Å². The van der Waals surface area contributed by atoms with Gasteiger partial charge in [0, 0.05) is 12.4 Å². The Labute approximate surface area is 139 Å². The number of pyridine rings is 1. The average molecular weight is 339 g/mol. The highest BCUT2D eigenvalue weighted by molar-refractivity contribution is 8.27. The lowest BCUT2D eigenvalue weighted by atomic mass is 10.1. The molecule has 0 atom stereocenters. The molecule has 2 aliphatic heterocycles. The van der Waals surface area contributed by atoms with Crippen molar-refractivity contribution in [2.24, 2.45) is 10.1 Å². The van der Waals surface area contributed by atoms with Crippen molar-refractivity contribution in [1.82, 2.24) is 9.99 Å². The fraction of sp³-hybridized carbons (Fsp3) is 0. The van der Waals surface area contributed by atoms with E-state index in [1.54, 1.807) is 35.9 Å². The van der Waals surface area contributed by atoms with E-state index in [9.17, 15) is 4.79 Å². The summed E-state index contributed by atoms with van der Waals surface area (Å²) in [4.78, 5) is 21.3. The minimum Gasteiger partial charge on any atom is -0.282 e. The number of amides is 1. The van der Waals surface area contributed by atoms with Gasteiger partial charge in [-0.1, -0.05) is 12.1 Å². The second-order valence-corrected chi connectivity index (χ2v) is 6.59. The molecule has 112 valence electrons. The van der Waals surface area contributed by atoms with Crippen LogP contribution in [0.3, 0.4) is 0 Å². The van der Waals surface area contributed by atoms with Crippen molar-refractivity contribution in [2.75, 3.05) is 0 Å². The Bertz CT molecular complexity index is 884. The van der Waals surface area contributed by atoms with Gasteiger partial charge in [-0.25, -0.2) is 0 Å². The summed E-state index contributed by atoms with van der Waals surface area (Å²) in [6.45, 7) is 0. The van der Waals surface area contributed by atoms with Crippen LogP contribution in [0, 0.1) is 5.41 Å². The SMILES string of the molecule is N=C1C(=Cc2cccnc2)C(=O)N=C2SC(c3cccs3)=NN12. The quantitative estimate of drug-likeness (QED) is 0.853. The van der Waals surface area contributed by atoms with E-state index in [-0.39, 0.29) is 11.4 Å². The molecule has 6 nitrogen and oxygen atoms in total. The van der Waals surface area contributed by atoms with Crippen LogP contribution in [0.2, 0.25) is 0 Å². The molecule has 4 rings (SSSR count). The Morgan fingerprint density at radius 1 is 1.26 bits per heavy atom. The van der Waals surface area contributed by atoms with Gasteiger partial charge in [0.1, 0.15) is 5.04 Å². The van der Waals surface area contributed by atoms with Gasteiger partial charge in [-0.3, -0.25) is 15.2 Å². The van der Waals surface area contributed by atoms with Gasteiger partial charge in [-0.05, 0) is 40.9 Å². The highest BCUT2D eigenvalue weighted by Gasteiger charge is 2.36. The molecule has 1 amide bonds. The molecular formula is C15H9N5OS2. The van der Waals surface area contributed by atoms with Crippen molar-refractivity contribution in [1.29, 1.82) is 5.41 Å². The lowest BCUT2D eigenvalue weighted by Crippen LogP contribution is -2.35. The molecule has 0 fully saturated rings. The summed E-state index contributed by atoms with van der Waals surface area (Å²) in [5, 5.41) is 17.2. The van der Waals surface area contributed by atoms with Crippen LogP contribution in [0.1, 0.15) is 10.4 Å². The molecule has 0 bridgehead atoms. The molecule has 2 aliphatic rings. The number of aromatic nitrogens is 1. The van der Waals surface area contributed by atoms with Crippen LogP contribution in [-0.4, -0.2) is 31.9 Å². The lowest BCUT2D eigenvalue weighted by molar-refractivity contribution is -0.114. The third-order valence-corrected chi connectivity index (χ3v) is 5.13. The smallest absolute Gasteiger partial charge is 0.282 e. The zero-order valence-electron chi connectivity index (χ0n) is 11.6. The Morgan fingerprint density at radius 3 is 2.91 bits per heavy atom. The van der Waals surface area contributed by atoms with Crippen LogP contribution in [0.4, 0.5) is 0 Å². The van der Waals surface area contributed by atoms with Crippen molar-refractivity contribution in [3.8, 4) is 0 Å². The standard InChI is InChI=1S/C15H9N5OS2/c16-12-10(7-9-3-1-5-17-8-9)13(21)18-15-20(12)19-14(23-15)11-4-2-6-22-11/h1-8,16H. The molecule has 8 heteroatoms. The third-order valence-electron chi connectivity index (χ3n) is 3.18. The van der Waals surface area contributed by atoms with Gasteiger partial charge in [-0.15, -0.1) is 11.3 Å². The fourth-order valence-electron chi connectivity index (χ4n) is 2.12. The predicted octanol–water partition coefficient (Wildman–Crippen LogP) is 2.81. The van der Waals surface area contributed by atoms with Crippen LogP contribution in [0.25, 0.3) is 6.08 Å². The zero-order chi connectivity index (χ0) is 15.8. The molecule has 0 aromatic carbocycles. The minimum absolute atomic E-state index is 0.0305. The van der Waals surface area contributed by atoms with E-state index >= 15 is 0 Å². The number of thiophene rings is 1. The number of nitrogens with zero attached hydrogens (tertiary/aromatic N) is 4. The van der Waals surface area contributed by atoms with Gasteiger partial charge in [-0.2, -0.15) is 15.1 Å². The first-order valence-electron chi connectivity index (χ1n) is 6.66. The first-order chi connectivity index (χ1) is 11.2. The number of hydrazone groups is 1. The van der Waals surface area contributed by atoms with Crippen LogP contribution in [-0.2, 0) is 4.79 Å². The monoisotopic (exact) mass is 339 g/mol. The van der Waals surface area contributed by atoms with Crippen LogP contribution < -0.4 is 0 Å². The average Bonchev–Trinajstić information content (AvgIpc) is 3.21. The molecule has 2 aromatic heterocycles. The Hall–Kier alpha value is -2.58. The van der Waals surface area contributed by atoms with Gasteiger partial charge in [0.25, 0.3) is 5.91 Å². The molecule has 0 aliphatic carbocycles. The highest BCUT2D eigenvalue weighted by Crippen LogP contribution is 2.32. The number of hydrogen-bond acceptors (Lipinski definition) is 6. The number of carbonyl (C=O) groups is 1. The van der Waals surface area contributed by atoms with E-state index in [1.165, 1.54) is 16.8 Å². The van der Waals surface area contributed by atoms with Crippen molar-refractivity contribution < 1.29 is 4.79 Å². The van der Waals surface area contributed by atoms with Crippen molar-refractivity contribution in [2.45, 2.75) is 0 Å². The van der Waals surface area contributed by atoms with Crippen molar-refractivity contribution in [3.63, 3.8) is 0 Å². The van der Waals surface area contributed by atoms with Gasteiger partial charge >= 0.3 is 0 Å². The molecule has 4 heterocycles. The second-order valence-electron chi connectivity index (χ2n) is 4.69. The van der Waals surface area contributed by atoms with Crippen molar-refractivity contribution in [3.05, 3.63) is 58.1 Å². The number of amidine groups is 2. The van der Waals surface area contributed by atoms with E-state index in [1.807, 2.05) is 23.6 Å². The number of thioether (sulfide) groups is 1. The highest BCUT2D eigenvalue weighted by atomic mass is 32.2. The molecule has 23 heavy (non-hydrogen) atoms. The lowest BCUT2D eigenvalue weighted by Gasteiger charge is -2.20. The molecule has 0 saturated carbocycles. The minimum atomic E-state index is -0.430. The summed E-state index contributed by atoms with van der Waals surface area (Å²) in [5.74, 6) is -0.400. The number of rotatable bonds is 2. The molecule has 0 spiro atoms. The number of carbonyl (C=O) groups excluding carboxylic acids is 1. The Kier molecular flexibility index (Phi) is 3.40. The number of aliphatic imine (C=N–C) groups is 1. The van der Waals surface area contributed by atoms with Gasteiger partial charge in [0.15, 0.2) is 5.84 Å². The molecule has 1 N–H and O–H groups in total. The molecule has 2 aromatic rings. The topological polar surface area (TPSA) is 81.8 Å². The Balaban J connectivity index is 1.71. The summed E-state index contributed by atoms with van der Waals surface area (Å²) < 4.78 is 0. The largest absolute Gasteiger partial charge is 0.283 e. The molecular weight excluding hydrogens is 330 g/mol. The third kappa shape index (κ3) is 2.51. The summed E-state index contributed by atoms with van der Waals surface area (Å²) >= 11 is 2.86. The van der Waals surface area contributed by atoms with Crippen molar-refractivity contribution >= 4 is 51.1 Å². The van der Waals surface area contributed by atoms with Crippen LogP contribution >= 0.6 is 23.1 Å². The molecule has 0 unspecified atom stereocenters. The predicted molar refractivity (Wildman–Crippen MR) is 92.7 cm³/mol. The van der Waals surface area contributed by atoms with Gasteiger partial charge in [0.2, 0.25) is 5.17 Å². The Morgan fingerprint density at radius 2 is 2.17 bits per heavy atom. The second kappa shape index (κ2) is 5.56. The van der Waals surface area contributed by atoms with E-state index in [2.05, 4.69) is 15.1 Å². The first kappa shape index (κ1) is 14.0. The zero-order valence-corrected chi connectivity index (χ0v) is 13.3. The fourth-order valence-corrected chi connectivity index (χ4v) is 3.80.